The van der Waals surface area contributed by atoms with Crippen molar-refractivity contribution in [3.63, 3.8) is 0 Å². The molecule has 1 aliphatic heterocycles. The summed E-state index contributed by atoms with van der Waals surface area (Å²) in [6, 6.07) is 49.0. The molecule has 1 fully saturated rings. The highest BCUT2D eigenvalue weighted by molar-refractivity contribution is 5.94. The second-order valence-electron chi connectivity index (χ2n) is 11.7. The molecule has 0 radical (unpaired) electrons. The minimum Gasteiger partial charge on any atom is -0.374 e. The zero-order valence-corrected chi connectivity index (χ0v) is 26.8. The van der Waals surface area contributed by atoms with E-state index in [-0.39, 0.29) is 12.5 Å². The summed E-state index contributed by atoms with van der Waals surface area (Å²) in [5.74, 6) is -0.275. The summed E-state index contributed by atoms with van der Waals surface area (Å²) < 4.78 is 33.0. The second-order valence-corrected chi connectivity index (χ2v) is 11.7. The smallest absolute Gasteiger partial charge is 0.253 e. The normalized spacial score (nSPS) is 20.6. The van der Waals surface area contributed by atoms with Crippen molar-refractivity contribution in [1.82, 2.24) is 5.32 Å². The van der Waals surface area contributed by atoms with E-state index in [9.17, 15) is 4.79 Å². The highest BCUT2D eigenvalue weighted by atomic mass is 16.6. The van der Waals surface area contributed by atoms with Crippen LogP contribution >= 0.6 is 0 Å². The Morgan fingerprint density at radius 2 is 0.896 bits per heavy atom. The maximum atomic E-state index is 13.6. The molecule has 1 heterocycles. The Hall–Kier alpha value is -4.63. The molecule has 5 atom stereocenters. The highest BCUT2D eigenvalue weighted by Crippen LogP contribution is 2.30. The van der Waals surface area contributed by atoms with Gasteiger partial charge in [0.05, 0.1) is 33.0 Å². The Morgan fingerprint density at radius 1 is 0.500 bits per heavy atom. The maximum absolute atomic E-state index is 13.6. The summed E-state index contributed by atoms with van der Waals surface area (Å²) in [7, 11) is 0. The van der Waals surface area contributed by atoms with Crippen LogP contribution in [0.15, 0.2) is 152 Å². The highest BCUT2D eigenvalue weighted by Gasteiger charge is 2.49. The Balaban J connectivity index is 1.32. The van der Waals surface area contributed by atoms with E-state index in [1.807, 2.05) is 140 Å². The van der Waals surface area contributed by atoms with E-state index in [0.29, 0.717) is 32.0 Å². The number of hydrogen-bond donors (Lipinski definition) is 1. The first kappa shape index (κ1) is 33.3. The van der Waals surface area contributed by atoms with Gasteiger partial charge < -0.3 is 29.0 Å². The monoisotopic (exact) mass is 643 g/mol. The van der Waals surface area contributed by atoms with E-state index in [0.717, 1.165) is 22.3 Å². The fourth-order valence-electron chi connectivity index (χ4n) is 5.71. The number of hydrogen-bond acceptors (Lipinski definition) is 6. The molecule has 48 heavy (non-hydrogen) atoms. The molecular weight excluding hydrogens is 602 g/mol. The molecule has 246 valence electrons. The maximum Gasteiger partial charge on any atom is 0.253 e. The van der Waals surface area contributed by atoms with Crippen LogP contribution in [0.2, 0.25) is 0 Å². The first-order chi connectivity index (χ1) is 23.7. The SMILES string of the molecule is O=C(N[C@H]1O[C@H](COCc2ccccc2)[C@@H](OCc2ccccc2)[C@H](OCc2ccccc2)[C@H]1OCc1ccccc1)c1ccccc1. The van der Waals surface area contributed by atoms with Crippen LogP contribution < -0.4 is 5.32 Å². The van der Waals surface area contributed by atoms with Crippen molar-refractivity contribution in [2.75, 3.05) is 6.61 Å². The zero-order valence-electron chi connectivity index (χ0n) is 26.8. The Kier molecular flexibility index (Phi) is 12.1. The lowest BCUT2D eigenvalue weighted by atomic mass is 9.96. The fourth-order valence-corrected chi connectivity index (χ4v) is 5.71. The Morgan fingerprint density at radius 3 is 1.38 bits per heavy atom. The van der Waals surface area contributed by atoms with E-state index in [1.54, 1.807) is 12.1 Å². The number of carbonyl (C=O) groups excluding carboxylic acids is 1. The van der Waals surface area contributed by atoms with E-state index in [2.05, 4.69) is 5.32 Å². The van der Waals surface area contributed by atoms with Crippen molar-refractivity contribution in [1.29, 1.82) is 0 Å². The number of amides is 1. The fraction of sp³-hybridized carbons (Fsp3) is 0.244. The van der Waals surface area contributed by atoms with Gasteiger partial charge >= 0.3 is 0 Å². The molecule has 5 aromatic rings. The lowest BCUT2D eigenvalue weighted by molar-refractivity contribution is -0.276. The number of nitrogens with one attached hydrogen (secondary N) is 1. The van der Waals surface area contributed by atoms with Gasteiger partial charge in [-0.1, -0.05) is 140 Å². The predicted molar refractivity (Wildman–Crippen MR) is 184 cm³/mol. The van der Waals surface area contributed by atoms with Gasteiger partial charge in [0, 0.05) is 5.56 Å². The van der Waals surface area contributed by atoms with Gasteiger partial charge in [-0.15, -0.1) is 0 Å². The van der Waals surface area contributed by atoms with Gasteiger partial charge in [-0.05, 0) is 34.4 Å². The van der Waals surface area contributed by atoms with Crippen molar-refractivity contribution < 1.29 is 28.5 Å². The molecule has 1 aliphatic rings. The van der Waals surface area contributed by atoms with Crippen LogP contribution in [0.4, 0.5) is 0 Å². The second kappa shape index (κ2) is 17.5. The van der Waals surface area contributed by atoms with Gasteiger partial charge in [0.2, 0.25) is 0 Å². The molecule has 0 aliphatic carbocycles. The van der Waals surface area contributed by atoms with Crippen LogP contribution in [0.3, 0.4) is 0 Å². The van der Waals surface area contributed by atoms with Crippen molar-refractivity contribution in [2.24, 2.45) is 0 Å². The van der Waals surface area contributed by atoms with Gasteiger partial charge in [0.15, 0.2) is 6.23 Å². The molecule has 0 bridgehead atoms. The topological polar surface area (TPSA) is 75.3 Å². The summed E-state index contributed by atoms with van der Waals surface area (Å²) in [4.78, 5) is 13.6. The molecule has 1 amide bonds. The summed E-state index contributed by atoms with van der Waals surface area (Å²) in [6.45, 7) is 1.55. The third-order valence-electron chi connectivity index (χ3n) is 8.19. The number of carbonyl (C=O) groups is 1. The number of rotatable bonds is 15. The minimum absolute atomic E-state index is 0.211. The molecule has 1 N–H and O–H groups in total. The van der Waals surface area contributed by atoms with Gasteiger partial charge in [-0.3, -0.25) is 4.79 Å². The number of benzene rings is 5. The first-order valence-corrected chi connectivity index (χ1v) is 16.3. The minimum atomic E-state index is -0.857. The van der Waals surface area contributed by atoms with Crippen molar-refractivity contribution in [3.05, 3.63) is 179 Å². The molecule has 5 aromatic carbocycles. The molecule has 0 saturated carbocycles. The van der Waals surface area contributed by atoms with E-state index < -0.39 is 30.6 Å². The molecule has 7 nitrogen and oxygen atoms in total. The average Bonchev–Trinajstić information content (AvgIpc) is 3.15. The molecule has 0 spiro atoms. The van der Waals surface area contributed by atoms with Gasteiger partial charge in [0.1, 0.15) is 24.4 Å². The summed E-state index contributed by atoms with van der Waals surface area (Å²) in [5, 5.41) is 3.10. The molecule has 0 unspecified atom stereocenters. The first-order valence-electron chi connectivity index (χ1n) is 16.3. The van der Waals surface area contributed by atoms with Crippen LogP contribution in [0.1, 0.15) is 32.6 Å². The molecule has 6 rings (SSSR count). The summed E-state index contributed by atoms with van der Waals surface area (Å²) in [5.41, 5.74) is 4.58. The summed E-state index contributed by atoms with van der Waals surface area (Å²) in [6.07, 6.45) is -3.37. The largest absolute Gasteiger partial charge is 0.374 e. The lowest BCUT2D eigenvalue weighted by Gasteiger charge is -2.46. The summed E-state index contributed by atoms with van der Waals surface area (Å²) >= 11 is 0. The van der Waals surface area contributed by atoms with Gasteiger partial charge in [-0.2, -0.15) is 0 Å². The quantitative estimate of drug-likeness (QED) is 0.131. The lowest BCUT2D eigenvalue weighted by Crippen LogP contribution is -2.65. The van der Waals surface area contributed by atoms with Crippen LogP contribution in [-0.4, -0.2) is 43.2 Å². The standard InChI is InChI=1S/C41H41NO6/c43-40(35-24-14-5-15-25-35)42-41-39(47-29-34-22-12-4-13-23-34)38(46-28-33-20-10-3-11-21-33)37(45-27-32-18-8-2-9-19-32)36(48-41)30-44-26-31-16-6-1-7-17-31/h1-25,36-39,41H,26-30H2,(H,42,43)/t36-,37-,38+,39-,41+/m1/s1. The van der Waals surface area contributed by atoms with Crippen LogP contribution in [0, 0.1) is 0 Å². The Labute approximate surface area is 282 Å². The molecule has 0 aromatic heterocycles. The third kappa shape index (κ3) is 9.47. The third-order valence-corrected chi connectivity index (χ3v) is 8.19. The molecule has 7 heteroatoms. The van der Waals surface area contributed by atoms with Crippen LogP contribution in [-0.2, 0) is 50.1 Å². The Bertz CT molecular complexity index is 1640. The average molecular weight is 644 g/mol. The van der Waals surface area contributed by atoms with Gasteiger partial charge in [-0.25, -0.2) is 0 Å². The van der Waals surface area contributed by atoms with E-state index in [1.165, 1.54) is 0 Å². The van der Waals surface area contributed by atoms with Crippen molar-refractivity contribution in [3.8, 4) is 0 Å². The van der Waals surface area contributed by atoms with E-state index in [4.69, 9.17) is 23.7 Å². The van der Waals surface area contributed by atoms with Crippen molar-refractivity contribution >= 4 is 5.91 Å². The molecule has 1 saturated heterocycles. The number of ether oxygens (including phenoxy) is 5. The van der Waals surface area contributed by atoms with Crippen molar-refractivity contribution in [2.45, 2.75) is 57.1 Å². The predicted octanol–water partition coefficient (Wildman–Crippen LogP) is 7.11. The molecular formula is C41H41NO6. The van der Waals surface area contributed by atoms with Gasteiger partial charge in [0.25, 0.3) is 5.91 Å². The van der Waals surface area contributed by atoms with E-state index >= 15 is 0 Å². The zero-order chi connectivity index (χ0) is 32.8. The van der Waals surface area contributed by atoms with Crippen LogP contribution in [0.5, 0.6) is 0 Å². The van der Waals surface area contributed by atoms with Crippen LogP contribution in [0.25, 0.3) is 0 Å².